The number of hydrogen-bond acceptors (Lipinski definition) is 6. The van der Waals surface area contributed by atoms with E-state index < -0.39 is 28.4 Å². The molecule has 1 aromatic carbocycles. The molecule has 1 amide bonds. The number of carbonyl (C=O) groups is 1. The highest BCUT2D eigenvalue weighted by atomic mass is 19.4. The number of non-ortho nitro benzene ring substituents is 1. The lowest BCUT2D eigenvalue weighted by Gasteiger charge is -2.08. The van der Waals surface area contributed by atoms with Crippen molar-refractivity contribution in [3.05, 3.63) is 69.4 Å². The maximum Gasteiger partial charge on any atom is 0.437 e. The number of aromatic amines is 1. The number of amides is 1. The molecule has 0 saturated heterocycles. The molecule has 9 nitrogen and oxygen atoms in total. The van der Waals surface area contributed by atoms with Gasteiger partial charge in [-0.05, 0) is 31.2 Å². The molecule has 0 saturated carbocycles. The summed E-state index contributed by atoms with van der Waals surface area (Å²) in [6, 6.07) is 8.04. The van der Waals surface area contributed by atoms with E-state index in [0.717, 1.165) is 0 Å². The van der Waals surface area contributed by atoms with Gasteiger partial charge >= 0.3 is 6.18 Å². The zero-order valence-corrected chi connectivity index (χ0v) is 14.7. The number of aryl methyl sites for hydroxylation is 1. The van der Waals surface area contributed by atoms with Crippen LogP contribution in [0.5, 0.6) is 5.75 Å². The van der Waals surface area contributed by atoms with Gasteiger partial charge < -0.3 is 14.5 Å². The van der Waals surface area contributed by atoms with Crippen molar-refractivity contribution in [1.82, 2.24) is 10.2 Å². The maximum atomic E-state index is 12.9. The van der Waals surface area contributed by atoms with E-state index in [2.05, 4.69) is 15.5 Å². The highest BCUT2D eigenvalue weighted by Crippen LogP contribution is 2.34. The summed E-state index contributed by atoms with van der Waals surface area (Å²) in [5, 5.41) is 18.1. The number of hydrogen-bond donors (Lipinski definition) is 2. The number of anilines is 1. The fourth-order valence-corrected chi connectivity index (χ4v) is 2.36. The van der Waals surface area contributed by atoms with Crippen LogP contribution in [0.1, 0.15) is 27.7 Å². The Labute approximate surface area is 160 Å². The lowest BCUT2D eigenvalue weighted by Crippen LogP contribution is -2.16. The van der Waals surface area contributed by atoms with Crippen LogP contribution in [0.3, 0.4) is 0 Å². The topological polar surface area (TPSA) is 123 Å². The Bertz CT molecular complexity index is 1040. The smallest absolute Gasteiger partial charge is 0.437 e. The number of nitrogens with zero attached hydrogens (tertiary/aromatic N) is 2. The second kappa shape index (κ2) is 7.66. The molecule has 3 rings (SSSR count). The van der Waals surface area contributed by atoms with Gasteiger partial charge in [0.05, 0.1) is 16.3 Å². The molecule has 2 heterocycles. The first-order valence-corrected chi connectivity index (χ1v) is 8.04. The summed E-state index contributed by atoms with van der Waals surface area (Å²) in [5.41, 5.74) is -1.78. The van der Waals surface area contributed by atoms with Crippen LogP contribution in [0.2, 0.25) is 0 Å². The van der Waals surface area contributed by atoms with Gasteiger partial charge in [-0.2, -0.15) is 18.3 Å². The van der Waals surface area contributed by atoms with E-state index in [9.17, 15) is 28.1 Å². The number of nitrogens with one attached hydrogen (secondary N) is 2. The number of halogens is 3. The normalized spacial score (nSPS) is 11.3. The number of ether oxygens (including phenoxy) is 1. The van der Waals surface area contributed by atoms with Crippen LogP contribution in [0, 0.1) is 17.0 Å². The minimum absolute atomic E-state index is 0.0407. The summed E-state index contributed by atoms with van der Waals surface area (Å²) in [6.45, 7) is 1.24. The van der Waals surface area contributed by atoms with Crippen LogP contribution in [0.15, 0.2) is 40.8 Å². The van der Waals surface area contributed by atoms with Crippen LogP contribution in [-0.2, 0) is 12.8 Å². The summed E-state index contributed by atoms with van der Waals surface area (Å²) in [6.07, 6.45) is -4.74. The minimum Gasteiger partial charge on any atom is -0.486 e. The van der Waals surface area contributed by atoms with Gasteiger partial charge in [0.2, 0.25) is 0 Å². The molecule has 0 atom stereocenters. The van der Waals surface area contributed by atoms with Crippen molar-refractivity contribution < 1.29 is 32.0 Å². The molecule has 2 N–H and O–H groups in total. The van der Waals surface area contributed by atoms with Crippen LogP contribution < -0.4 is 10.1 Å². The number of alkyl halides is 3. The third-order valence-electron chi connectivity index (χ3n) is 3.77. The average Bonchev–Trinajstić information content (AvgIpc) is 3.27. The second-order valence-corrected chi connectivity index (χ2v) is 5.83. The van der Waals surface area contributed by atoms with Crippen molar-refractivity contribution >= 4 is 17.3 Å². The number of benzene rings is 1. The van der Waals surface area contributed by atoms with Gasteiger partial charge in [0.1, 0.15) is 18.1 Å². The van der Waals surface area contributed by atoms with Gasteiger partial charge in [0, 0.05) is 12.1 Å². The predicted octanol–water partition coefficient (Wildman–Crippen LogP) is 4.07. The molecule has 0 bridgehead atoms. The molecule has 0 spiro atoms. The molecular weight excluding hydrogens is 397 g/mol. The van der Waals surface area contributed by atoms with Gasteiger partial charge in [-0.15, -0.1) is 0 Å². The second-order valence-electron chi connectivity index (χ2n) is 5.83. The molecule has 0 fully saturated rings. The van der Waals surface area contributed by atoms with Crippen molar-refractivity contribution in [2.75, 3.05) is 5.32 Å². The Morgan fingerprint density at radius 1 is 1.28 bits per heavy atom. The molecule has 29 heavy (non-hydrogen) atoms. The first-order valence-electron chi connectivity index (χ1n) is 8.04. The van der Waals surface area contributed by atoms with Crippen LogP contribution in [0.25, 0.3) is 0 Å². The van der Waals surface area contributed by atoms with E-state index in [4.69, 9.17) is 9.15 Å². The Morgan fingerprint density at radius 2 is 1.97 bits per heavy atom. The number of nitro benzene ring substituents is 1. The van der Waals surface area contributed by atoms with Crippen molar-refractivity contribution in [1.29, 1.82) is 0 Å². The van der Waals surface area contributed by atoms with Crippen molar-refractivity contribution in [3.8, 4) is 5.75 Å². The lowest BCUT2D eigenvalue weighted by molar-refractivity contribution is -0.384. The molecule has 2 aromatic heterocycles. The van der Waals surface area contributed by atoms with Crippen molar-refractivity contribution in [2.24, 2.45) is 0 Å². The molecular formula is C17H13F3N4O5. The standard InChI is InChI=1S/C17H13F3N4O5/c1-9-14(15(23-22-9)17(18,19)20)21-16(25)13-7-6-12(29-13)8-28-11-4-2-10(3-5-11)24(26)27/h2-7H,8H2,1H3,(H,21,25)(H,22,23). The summed E-state index contributed by atoms with van der Waals surface area (Å²) in [5.74, 6) is -0.544. The van der Waals surface area contributed by atoms with Crippen molar-refractivity contribution in [3.63, 3.8) is 0 Å². The summed E-state index contributed by atoms with van der Waals surface area (Å²) in [7, 11) is 0. The van der Waals surface area contributed by atoms with E-state index >= 15 is 0 Å². The number of nitro groups is 1. The van der Waals surface area contributed by atoms with Gasteiger partial charge in [0.25, 0.3) is 11.6 Å². The zero-order chi connectivity index (χ0) is 21.2. The molecule has 0 unspecified atom stereocenters. The SMILES string of the molecule is Cc1[nH]nc(C(F)(F)F)c1NC(=O)c1ccc(COc2ccc([N+](=O)[O-])cc2)o1. The summed E-state index contributed by atoms with van der Waals surface area (Å²) >= 11 is 0. The fraction of sp³-hybridized carbons (Fsp3) is 0.176. The number of carbonyl (C=O) groups excluding carboxylic acids is 1. The first-order chi connectivity index (χ1) is 13.6. The molecule has 0 aliphatic heterocycles. The number of rotatable bonds is 6. The van der Waals surface area contributed by atoms with Crippen molar-refractivity contribution in [2.45, 2.75) is 19.7 Å². The number of furan rings is 1. The third-order valence-corrected chi connectivity index (χ3v) is 3.77. The monoisotopic (exact) mass is 410 g/mol. The van der Waals surface area contributed by atoms with Crippen LogP contribution in [-0.4, -0.2) is 21.0 Å². The molecule has 3 aromatic rings. The number of aromatic nitrogens is 2. The largest absolute Gasteiger partial charge is 0.486 e. The predicted molar refractivity (Wildman–Crippen MR) is 92.4 cm³/mol. The Kier molecular flexibility index (Phi) is 5.26. The van der Waals surface area contributed by atoms with Gasteiger partial charge in [0.15, 0.2) is 11.5 Å². The van der Waals surface area contributed by atoms with Gasteiger partial charge in [-0.1, -0.05) is 0 Å². The molecule has 12 heteroatoms. The Morgan fingerprint density at radius 3 is 2.59 bits per heavy atom. The van der Waals surface area contributed by atoms with E-state index in [1.165, 1.54) is 43.3 Å². The van der Waals surface area contributed by atoms with E-state index in [1.807, 2.05) is 0 Å². The van der Waals surface area contributed by atoms with Crippen LogP contribution >= 0.6 is 0 Å². The Hall–Kier alpha value is -3.83. The summed E-state index contributed by atoms with van der Waals surface area (Å²) < 4.78 is 49.5. The highest BCUT2D eigenvalue weighted by Gasteiger charge is 2.38. The average molecular weight is 410 g/mol. The number of H-pyrrole nitrogens is 1. The molecule has 152 valence electrons. The zero-order valence-electron chi connectivity index (χ0n) is 14.7. The quantitative estimate of drug-likeness (QED) is 0.466. The van der Waals surface area contributed by atoms with E-state index in [0.29, 0.717) is 5.75 Å². The minimum atomic E-state index is -4.74. The van der Waals surface area contributed by atoms with Gasteiger partial charge in [-0.25, -0.2) is 0 Å². The third kappa shape index (κ3) is 4.54. The van der Waals surface area contributed by atoms with E-state index in [1.54, 1.807) is 0 Å². The molecule has 0 radical (unpaired) electrons. The van der Waals surface area contributed by atoms with Gasteiger partial charge in [-0.3, -0.25) is 20.0 Å². The fourth-order valence-electron chi connectivity index (χ4n) is 2.36. The van der Waals surface area contributed by atoms with E-state index in [-0.39, 0.29) is 29.5 Å². The summed E-state index contributed by atoms with van der Waals surface area (Å²) in [4.78, 5) is 22.3. The Balaban J connectivity index is 1.65. The first kappa shape index (κ1) is 19.9. The molecule has 0 aliphatic rings. The van der Waals surface area contributed by atoms with Crippen LogP contribution in [0.4, 0.5) is 24.5 Å². The lowest BCUT2D eigenvalue weighted by atomic mass is 10.2. The highest BCUT2D eigenvalue weighted by molar-refractivity contribution is 6.03. The molecule has 0 aliphatic carbocycles. The maximum absolute atomic E-state index is 12.9.